The van der Waals surface area contributed by atoms with Crippen LogP contribution in [-0.2, 0) is 0 Å². The number of rotatable bonds is 2. The van der Waals surface area contributed by atoms with E-state index in [9.17, 15) is 9.50 Å². The Kier molecular flexibility index (Phi) is 2.49. The van der Waals surface area contributed by atoms with Crippen molar-refractivity contribution in [2.75, 3.05) is 0 Å². The smallest absolute Gasteiger partial charge is 0.166 e. The van der Waals surface area contributed by atoms with E-state index in [1.165, 1.54) is 6.07 Å². The van der Waals surface area contributed by atoms with E-state index in [1.54, 1.807) is 6.07 Å². The maximum absolute atomic E-state index is 13.1. The molecule has 1 saturated carbocycles. The third-order valence-electron chi connectivity index (χ3n) is 2.55. The van der Waals surface area contributed by atoms with Gasteiger partial charge in [-0.05, 0) is 30.9 Å². The standard InChI is InChI=1S/C10H11BrFNO/c11-6-3-7(9(13)5-1-2-5)10(14)8(12)4-6/h3-5,9,14H,1-2,13H2/t9-/m0/s1. The summed E-state index contributed by atoms with van der Waals surface area (Å²) >= 11 is 3.18. The van der Waals surface area contributed by atoms with E-state index in [2.05, 4.69) is 15.9 Å². The van der Waals surface area contributed by atoms with Crippen LogP contribution in [0.2, 0.25) is 0 Å². The first-order valence-electron chi connectivity index (χ1n) is 4.53. The number of hydrogen-bond acceptors (Lipinski definition) is 2. The van der Waals surface area contributed by atoms with Gasteiger partial charge in [-0.25, -0.2) is 4.39 Å². The van der Waals surface area contributed by atoms with E-state index < -0.39 is 5.82 Å². The average Bonchev–Trinajstić information content (AvgIpc) is 2.93. The number of aromatic hydroxyl groups is 1. The molecule has 0 saturated heterocycles. The number of phenolic OH excluding ortho intramolecular Hbond substituents is 1. The minimum absolute atomic E-state index is 0.248. The van der Waals surface area contributed by atoms with Crippen LogP contribution in [0.5, 0.6) is 5.75 Å². The van der Waals surface area contributed by atoms with Crippen LogP contribution in [0.3, 0.4) is 0 Å². The lowest BCUT2D eigenvalue weighted by atomic mass is 10.0. The molecule has 4 heteroatoms. The van der Waals surface area contributed by atoms with E-state index in [-0.39, 0.29) is 11.8 Å². The third kappa shape index (κ3) is 1.77. The topological polar surface area (TPSA) is 46.2 Å². The summed E-state index contributed by atoms with van der Waals surface area (Å²) in [5.41, 5.74) is 6.39. The van der Waals surface area contributed by atoms with Gasteiger partial charge in [-0.3, -0.25) is 0 Å². The quantitative estimate of drug-likeness (QED) is 0.858. The zero-order valence-corrected chi connectivity index (χ0v) is 9.09. The van der Waals surface area contributed by atoms with Crippen LogP contribution in [0.15, 0.2) is 16.6 Å². The van der Waals surface area contributed by atoms with Crippen LogP contribution in [0.25, 0.3) is 0 Å². The average molecular weight is 260 g/mol. The Hall–Kier alpha value is -0.610. The van der Waals surface area contributed by atoms with Crippen molar-refractivity contribution in [2.45, 2.75) is 18.9 Å². The predicted octanol–water partition coefficient (Wildman–Crippen LogP) is 2.70. The molecule has 0 amide bonds. The highest BCUT2D eigenvalue weighted by atomic mass is 79.9. The fraction of sp³-hybridized carbons (Fsp3) is 0.400. The number of nitrogens with two attached hydrogens (primary N) is 1. The summed E-state index contributed by atoms with van der Waals surface area (Å²) in [5, 5.41) is 9.49. The van der Waals surface area contributed by atoms with E-state index in [1.807, 2.05) is 0 Å². The minimum atomic E-state index is -0.620. The highest BCUT2D eigenvalue weighted by Gasteiger charge is 2.31. The molecule has 14 heavy (non-hydrogen) atoms. The summed E-state index contributed by atoms with van der Waals surface area (Å²) in [6.07, 6.45) is 2.13. The van der Waals surface area contributed by atoms with Gasteiger partial charge in [-0.2, -0.15) is 0 Å². The first-order chi connectivity index (χ1) is 6.59. The summed E-state index contributed by atoms with van der Waals surface area (Å²) in [6.45, 7) is 0. The second-order valence-electron chi connectivity index (χ2n) is 3.69. The van der Waals surface area contributed by atoms with Crippen LogP contribution >= 0.6 is 15.9 Å². The maximum Gasteiger partial charge on any atom is 0.166 e. The van der Waals surface area contributed by atoms with Crippen molar-refractivity contribution in [3.8, 4) is 5.75 Å². The molecule has 0 heterocycles. The van der Waals surface area contributed by atoms with Crippen molar-refractivity contribution in [1.82, 2.24) is 0 Å². The van der Waals surface area contributed by atoms with E-state index in [4.69, 9.17) is 5.73 Å². The first-order valence-corrected chi connectivity index (χ1v) is 5.32. The summed E-state index contributed by atoms with van der Waals surface area (Å²) in [4.78, 5) is 0. The van der Waals surface area contributed by atoms with Crippen LogP contribution in [-0.4, -0.2) is 5.11 Å². The molecule has 1 aromatic carbocycles. The van der Waals surface area contributed by atoms with Crippen LogP contribution in [0.1, 0.15) is 24.4 Å². The molecule has 0 unspecified atom stereocenters. The van der Waals surface area contributed by atoms with Crippen LogP contribution in [0, 0.1) is 11.7 Å². The van der Waals surface area contributed by atoms with Crippen LogP contribution in [0.4, 0.5) is 4.39 Å². The number of halogens is 2. The zero-order valence-electron chi connectivity index (χ0n) is 7.50. The monoisotopic (exact) mass is 259 g/mol. The van der Waals surface area contributed by atoms with Gasteiger partial charge in [0.25, 0.3) is 0 Å². The lowest BCUT2D eigenvalue weighted by Gasteiger charge is -2.13. The van der Waals surface area contributed by atoms with Gasteiger partial charge in [-0.1, -0.05) is 15.9 Å². The molecule has 2 rings (SSSR count). The van der Waals surface area contributed by atoms with Crippen LogP contribution < -0.4 is 5.73 Å². The Morgan fingerprint density at radius 2 is 2.14 bits per heavy atom. The minimum Gasteiger partial charge on any atom is -0.505 e. The second-order valence-corrected chi connectivity index (χ2v) is 4.60. The maximum atomic E-state index is 13.1. The Morgan fingerprint density at radius 1 is 1.50 bits per heavy atom. The molecule has 2 nitrogen and oxygen atoms in total. The van der Waals surface area contributed by atoms with Gasteiger partial charge < -0.3 is 10.8 Å². The van der Waals surface area contributed by atoms with Crippen molar-refractivity contribution in [2.24, 2.45) is 11.7 Å². The molecule has 76 valence electrons. The van der Waals surface area contributed by atoms with Gasteiger partial charge in [-0.15, -0.1) is 0 Å². The van der Waals surface area contributed by atoms with E-state index in [0.717, 1.165) is 12.8 Å². The summed E-state index contributed by atoms with van der Waals surface area (Å²) < 4.78 is 13.8. The molecule has 1 atom stereocenters. The summed E-state index contributed by atoms with van der Waals surface area (Å²) in [7, 11) is 0. The second kappa shape index (κ2) is 3.51. The van der Waals surface area contributed by atoms with Crippen molar-refractivity contribution in [3.05, 3.63) is 28.0 Å². The fourth-order valence-corrected chi connectivity index (χ4v) is 2.00. The lowest BCUT2D eigenvalue weighted by molar-refractivity contribution is 0.416. The van der Waals surface area contributed by atoms with Gasteiger partial charge in [0.05, 0.1) is 0 Å². The van der Waals surface area contributed by atoms with Gasteiger partial charge >= 0.3 is 0 Å². The van der Waals surface area contributed by atoms with Gasteiger partial charge in [0.1, 0.15) is 0 Å². The summed E-state index contributed by atoms with van der Waals surface area (Å²) in [6, 6.07) is 2.67. The molecule has 1 aromatic rings. The molecule has 0 aliphatic heterocycles. The molecule has 1 aliphatic rings. The van der Waals surface area contributed by atoms with E-state index >= 15 is 0 Å². The molecule has 0 radical (unpaired) electrons. The molecule has 0 spiro atoms. The Bertz CT molecular complexity index is 365. The molecule has 3 N–H and O–H groups in total. The molecule has 1 aliphatic carbocycles. The molecular weight excluding hydrogens is 249 g/mol. The first kappa shape index (κ1) is 9.93. The Labute approximate surface area is 90.1 Å². The van der Waals surface area contributed by atoms with Crippen molar-refractivity contribution in [1.29, 1.82) is 0 Å². The number of benzene rings is 1. The zero-order chi connectivity index (χ0) is 10.3. The van der Waals surface area contributed by atoms with Crippen molar-refractivity contribution in [3.63, 3.8) is 0 Å². The van der Waals surface area contributed by atoms with E-state index in [0.29, 0.717) is 16.0 Å². The summed E-state index contributed by atoms with van der Waals surface area (Å²) in [5.74, 6) is -0.535. The van der Waals surface area contributed by atoms with Gasteiger partial charge in [0, 0.05) is 16.1 Å². The fourth-order valence-electron chi connectivity index (χ4n) is 1.55. The SMILES string of the molecule is N[C@H](c1cc(Br)cc(F)c1O)C1CC1. The predicted molar refractivity (Wildman–Crippen MR) is 55.4 cm³/mol. The van der Waals surface area contributed by atoms with Crippen molar-refractivity contribution >= 4 is 15.9 Å². The molecule has 0 aromatic heterocycles. The Morgan fingerprint density at radius 3 is 2.71 bits per heavy atom. The third-order valence-corrected chi connectivity index (χ3v) is 3.00. The highest BCUT2D eigenvalue weighted by molar-refractivity contribution is 9.10. The largest absolute Gasteiger partial charge is 0.505 e. The Balaban J connectivity index is 2.39. The van der Waals surface area contributed by atoms with Gasteiger partial charge in [0.2, 0.25) is 0 Å². The van der Waals surface area contributed by atoms with Crippen molar-refractivity contribution < 1.29 is 9.50 Å². The number of hydrogen-bond donors (Lipinski definition) is 2. The molecular formula is C10H11BrFNO. The molecule has 0 bridgehead atoms. The normalized spacial score (nSPS) is 18.2. The molecule has 1 fully saturated rings. The number of phenols is 1. The van der Waals surface area contributed by atoms with Gasteiger partial charge in [0.15, 0.2) is 11.6 Å². The highest BCUT2D eigenvalue weighted by Crippen LogP contribution is 2.43. The lowest BCUT2D eigenvalue weighted by Crippen LogP contribution is -2.13.